The highest BCUT2D eigenvalue weighted by atomic mass is 19.1. The lowest BCUT2D eigenvalue weighted by atomic mass is 9.78. The van der Waals surface area contributed by atoms with Crippen LogP contribution in [-0.4, -0.2) is 36.7 Å². The lowest BCUT2D eigenvalue weighted by molar-refractivity contribution is -0.126. The second kappa shape index (κ2) is 9.94. The van der Waals surface area contributed by atoms with Crippen LogP contribution in [0.15, 0.2) is 77.6 Å². The van der Waals surface area contributed by atoms with Gasteiger partial charge < -0.3 is 20.3 Å². The number of aliphatic imine (C=N–C) groups is 1. The summed E-state index contributed by atoms with van der Waals surface area (Å²) in [5, 5.41) is 6.24. The standard InChI is InChI=1S/C33H32FN5O3/c1-6-24-29(35-7-2)38-31(41)33(24)16-19-8-10-23(12-21(19)17-33)36-27-13-20(14-28(37-27)42-5)30(40)39-18-32(3,4)25-15-22(34)9-11-26(25)39/h6-15H,1,16-18H2,2-5H3,(H,36,37)(H,38,41)/b35-7-. The Hall–Kier alpha value is -4.79. The van der Waals surface area contributed by atoms with Crippen molar-refractivity contribution in [3.05, 3.63) is 101 Å². The zero-order valence-electron chi connectivity index (χ0n) is 24.0. The average molecular weight is 566 g/mol. The van der Waals surface area contributed by atoms with Crippen molar-refractivity contribution in [2.75, 3.05) is 23.9 Å². The Morgan fingerprint density at radius 2 is 1.95 bits per heavy atom. The number of carbonyl (C=O) groups is 2. The Morgan fingerprint density at radius 3 is 2.69 bits per heavy atom. The van der Waals surface area contributed by atoms with Crippen molar-refractivity contribution in [3.8, 4) is 5.88 Å². The molecule has 1 atom stereocenters. The van der Waals surface area contributed by atoms with Gasteiger partial charge in [-0.25, -0.2) is 9.38 Å². The largest absolute Gasteiger partial charge is 0.481 e. The molecule has 1 aliphatic carbocycles. The van der Waals surface area contributed by atoms with Gasteiger partial charge in [-0.2, -0.15) is 4.98 Å². The fourth-order valence-electron chi connectivity index (χ4n) is 6.40. The van der Waals surface area contributed by atoms with Crippen LogP contribution in [0.1, 0.15) is 47.8 Å². The van der Waals surface area contributed by atoms with E-state index >= 15 is 0 Å². The first-order valence-corrected chi connectivity index (χ1v) is 13.8. The number of ether oxygens (including phenoxy) is 1. The van der Waals surface area contributed by atoms with Crippen molar-refractivity contribution >= 4 is 35.2 Å². The van der Waals surface area contributed by atoms with E-state index in [1.54, 1.807) is 35.4 Å². The van der Waals surface area contributed by atoms with E-state index in [0.717, 1.165) is 28.0 Å². The van der Waals surface area contributed by atoms with Crippen molar-refractivity contribution in [2.45, 2.75) is 39.0 Å². The van der Waals surface area contributed by atoms with Crippen LogP contribution >= 0.6 is 0 Å². The number of halogens is 1. The monoisotopic (exact) mass is 565 g/mol. The van der Waals surface area contributed by atoms with Gasteiger partial charge in [-0.1, -0.05) is 32.6 Å². The van der Waals surface area contributed by atoms with Crippen LogP contribution in [-0.2, 0) is 23.1 Å². The Labute approximate surface area is 244 Å². The minimum absolute atomic E-state index is 0.0734. The number of carbonyl (C=O) groups excluding carboxylic acids is 2. The van der Waals surface area contributed by atoms with E-state index in [0.29, 0.717) is 42.3 Å². The second-order valence-corrected chi connectivity index (χ2v) is 11.6. The molecule has 2 aliphatic heterocycles. The zero-order valence-corrected chi connectivity index (χ0v) is 24.0. The molecular formula is C33H32FN5O3. The predicted molar refractivity (Wildman–Crippen MR) is 161 cm³/mol. The number of nitrogens with one attached hydrogen (secondary N) is 2. The van der Waals surface area contributed by atoms with Crippen LogP contribution in [0.25, 0.3) is 0 Å². The van der Waals surface area contributed by atoms with Crippen molar-refractivity contribution in [3.63, 3.8) is 0 Å². The predicted octanol–water partition coefficient (Wildman–Crippen LogP) is 5.61. The minimum atomic E-state index is -0.735. The average Bonchev–Trinajstić information content (AvgIpc) is 3.56. The summed E-state index contributed by atoms with van der Waals surface area (Å²) in [5.74, 6) is 0.649. The molecule has 1 unspecified atom stereocenters. The second-order valence-electron chi connectivity index (χ2n) is 11.6. The molecule has 0 radical (unpaired) electrons. The molecule has 2 N–H and O–H groups in total. The molecule has 6 rings (SSSR count). The van der Waals surface area contributed by atoms with Crippen molar-refractivity contribution in [1.82, 2.24) is 10.3 Å². The number of amides is 2. The highest BCUT2D eigenvalue weighted by molar-refractivity contribution is 6.08. The van der Waals surface area contributed by atoms with Gasteiger partial charge in [-0.3, -0.25) is 9.59 Å². The van der Waals surface area contributed by atoms with Crippen molar-refractivity contribution in [1.29, 1.82) is 0 Å². The highest BCUT2D eigenvalue weighted by Gasteiger charge is 2.51. The molecule has 2 amide bonds. The maximum absolute atomic E-state index is 14.0. The van der Waals surface area contributed by atoms with Gasteiger partial charge in [0, 0.05) is 46.8 Å². The first-order valence-electron chi connectivity index (χ1n) is 13.8. The van der Waals surface area contributed by atoms with Crippen LogP contribution in [0.3, 0.4) is 0 Å². The summed E-state index contributed by atoms with van der Waals surface area (Å²) in [6, 6.07) is 13.8. The van der Waals surface area contributed by atoms with Crippen LogP contribution in [0.5, 0.6) is 5.88 Å². The van der Waals surface area contributed by atoms with Crippen molar-refractivity contribution < 1.29 is 18.7 Å². The number of hydrogen-bond acceptors (Lipinski definition) is 6. The smallest absolute Gasteiger partial charge is 0.258 e. The first kappa shape index (κ1) is 27.4. The third kappa shape index (κ3) is 4.36. The number of hydrogen-bond donors (Lipinski definition) is 2. The molecular weight excluding hydrogens is 533 g/mol. The molecule has 2 aromatic carbocycles. The van der Waals surface area contributed by atoms with Gasteiger partial charge in [0.05, 0.1) is 12.5 Å². The highest BCUT2D eigenvalue weighted by Crippen LogP contribution is 2.48. The van der Waals surface area contributed by atoms with Gasteiger partial charge in [0.2, 0.25) is 11.8 Å². The van der Waals surface area contributed by atoms with E-state index in [1.165, 1.54) is 19.2 Å². The number of aromatic nitrogens is 1. The summed E-state index contributed by atoms with van der Waals surface area (Å²) in [5.41, 5.74) is 4.45. The molecule has 0 bridgehead atoms. The Balaban J connectivity index is 1.28. The molecule has 0 saturated heterocycles. The van der Waals surface area contributed by atoms with E-state index in [-0.39, 0.29) is 23.5 Å². The zero-order chi connectivity index (χ0) is 29.8. The minimum Gasteiger partial charge on any atom is -0.481 e. The Kier molecular flexibility index (Phi) is 6.48. The Morgan fingerprint density at radius 1 is 1.17 bits per heavy atom. The molecule has 42 heavy (non-hydrogen) atoms. The lowest BCUT2D eigenvalue weighted by Gasteiger charge is -2.21. The molecule has 214 valence electrons. The number of fused-ring (bicyclic) bond motifs is 2. The normalized spacial score (nSPS) is 20.2. The third-order valence-electron chi connectivity index (χ3n) is 8.40. The number of anilines is 3. The molecule has 8 nitrogen and oxygen atoms in total. The summed E-state index contributed by atoms with van der Waals surface area (Å²) in [6.07, 6.45) is 4.46. The number of benzene rings is 2. The van der Waals surface area contributed by atoms with E-state index in [4.69, 9.17) is 4.74 Å². The van der Waals surface area contributed by atoms with Crippen LogP contribution < -0.4 is 20.3 Å². The van der Waals surface area contributed by atoms with Gasteiger partial charge in [0.1, 0.15) is 17.5 Å². The number of methoxy groups -OCH3 is 1. The van der Waals surface area contributed by atoms with E-state index in [2.05, 4.69) is 27.2 Å². The van der Waals surface area contributed by atoms with Crippen LogP contribution in [0.2, 0.25) is 0 Å². The SMILES string of the molecule is C=CC1=C(/N=C\C)NC(=O)C12Cc1ccc(Nc3cc(C(=O)N4CC(C)(C)c5cc(F)ccc54)cc(OC)n3)cc1C2. The molecule has 3 heterocycles. The van der Waals surface area contributed by atoms with Crippen LogP contribution in [0, 0.1) is 11.2 Å². The summed E-state index contributed by atoms with van der Waals surface area (Å²) in [4.78, 5) is 37.5. The van der Waals surface area contributed by atoms with Gasteiger partial charge >= 0.3 is 0 Å². The number of nitrogens with zero attached hydrogens (tertiary/aromatic N) is 3. The summed E-state index contributed by atoms with van der Waals surface area (Å²) >= 11 is 0. The molecule has 0 fully saturated rings. The summed E-state index contributed by atoms with van der Waals surface area (Å²) < 4.78 is 19.5. The maximum Gasteiger partial charge on any atom is 0.258 e. The molecule has 1 spiro atoms. The fraction of sp³-hybridized carbons (Fsp3) is 0.273. The number of allylic oxidation sites excluding steroid dienone is 1. The molecule has 9 heteroatoms. The Bertz CT molecular complexity index is 1730. The van der Waals surface area contributed by atoms with Gasteiger partial charge in [-0.15, -0.1) is 0 Å². The van der Waals surface area contributed by atoms with E-state index in [9.17, 15) is 14.0 Å². The van der Waals surface area contributed by atoms with E-state index in [1.807, 2.05) is 39.0 Å². The van der Waals surface area contributed by atoms with Crippen LogP contribution in [0.4, 0.5) is 21.6 Å². The fourth-order valence-corrected chi connectivity index (χ4v) is 6.40. The first-order chi connectivity index (χ1) is 20.1. The maximum atomic E-state index is 14.0. The summed E-state index contributed by atoms with van der Waals surface area (Å²) in [6.45, 7) is 10.2. The van der Waals surface area contributed by atoms with Gasteiger partial charge in [0.25, 0.3) is 5.91 Å². The van der Waals surface area contributed by atoms with E-state index < -0.39 is 10.8 Å². The molecule has 3 aromatic rings. The van der Waals surface area contributed by atoms with Gasteiger partial charge in [0.15, 0.2) is 0 Å². The quantitative estimate of drug-likeness (QED) is 0.379. The lowest BCUT2D eigenvalue weighted by Crippen LogP contribution is -2.34. The molecule has 1 aromatic heterocycles. The number of pyridine rings is 1. The summed E-state index contributed by atoms with van der Waals surface area (Å²) in [7, 11) is 1.50. The topological polar surface area (TPSA) is 95.9 Å². The van der Waals surface area contributed by atoms with Crippen molar-refractivity contribution in [2.24, 2.45) is 10.4 Å². The molecule has 0 saturated carbocycles. The van der Waals surface area contributed by atoms with Gasteiger partial charge in [-0.05, 0) is 72.9 Å². The molecule has 3 aliphatic rings. The number of rotatable bonds is 6. The third-order valence-corrected chi connectivity index (χ3v) is 8.40.